The minimum absolute atomic E-state index is 0.243. The second kappa shape index (κ2) is 4.89. The third kappa shape index (κ3) is 2.49. The van der Waals surface area contributed by atoms with E-state index in [9.17, 15) is 4.79 Å². The lowest BCUT2D eigenvalue weighted by molar-refractivity contribution is 0.102. The molecule has 0 radical (unpaired) electrons. The number of anilines is 2. The Bertz CT molecular complexity index is 577. The molecule has 0 aliphatic carbocycles. The third-order valence-electron chi connectivity index (χ3n) is 2.50. The number of carbonyl (C=O) groups excluding carboxylic acids is 1. The van der Waals surface area contributed by atoms with E-state index in [1.165, 1.54) is 0 Å². The van der Waals surface area contributed by atoms with Crippen molar-refractivity contribution in [2.75, 3.05) is 10.7 Å². The SMILES string of the molecule is Cc1cc(NC(=O)c2ccc(NN)cc2C)on1. The zero-order chi connectivity index (χ0) is 13.1. The molecule has 1 heterocycles. The van der Waals surface area contributed by atoms with E-state index in [2.05, 4.69) is 15.9 Å². The Morgan fingerprint density at radius 2 is 2.11 bits per heavy atom. The molecule has 0 unspecified atom stereocenters. The number of aromatic nitrogens is 1. The maximum absolute atomic E-state index is 12.0. The van der Waals surface area contributed by atoms with Crippen molar-refractivity contribution in [3.63, 3.8) is 0 Å². The molecule has 1 amide bonds. The van der Waals surface area contributed by atoms with Crippen molar-refractivity contribution in [3.8, 4) is 0 Å². The number of amides is 1. The summed E-state index contributed by atoms with van der Waals surface area (Å²) < 4.78 is 4.93. The second-order valence-corrected chi connectivity index (χ2v) is 3.96. The van der Waals surface area contributed by atoms with Crippen molar-refractivity contribution >= 4 is 17.5 Å². The highest BCUT2D eigenvalue weighted by Crippen LogP contribution is 2.16. The second-order valence-electron chi connectivity index (χ2n) is 3.96. The van der Waals surface area contributed by atoms with Crippen molar-refractivity contribution in [3.05, 3.63) is 41.1 Å². The standard InChI is InChI=1S/C12H14N4O2/c1-7-5-9(15-13)3-4-10(7)12(17)14-11-6-8(2)16-18-11/h3-6,15H,13H2,1-2H3,(H,14,17). The van der Waals surface area contributed by atoms with Crippen molar-refractivity contribution in [2.45, 2.75) is 13.8 Å². The van der Waals surface area contributed by atoms with Gasteiger partial charge in [0, 0.05) is 17.3 Å². The van der Waals surface area contributed by atoms with Crippen molar-refractivity contribution < 1.29 is 9.32 Å². The lowest BCUT2D eigenvalue weighted by Crippen LogP contribution is -2.14. The van der Waals surface area contributed by atoms with Gasteiger partial charge in [-0.3, -0.25) is 16.0 Å². The summed E-state index contributed by atoms with van der Waals surface area (Å²) >= 11 is 0. The fourth-order valence-electron chi connectivity index (χ4n) is 1.61. The number of carbonyl (C=O) groups is 1. The predicted octanol–water partition coefficient (Wildman–Crippen LogP) is 1.83. The van der Waals surface area contributed by atoms with Gasteiger partial charge in [0.15, 0.2) is 0 Å². The van der Waals surface area contributed by atoms with Crippen LogP contribution in [0.3, 0.4) is 0 Å². The number of nitrogens with one attached hydrogen (secondary N) is 2. The molecule has 1 aromatic carbocycles. The van der Waals surface area contributed by atoms with Crippen LogP contribution in [0.25, 0.3) is 0 Å². The number of nitrogens with two attached hydrogens (primary N) is 1. The molecule has 6 heteroatoms. The first-order valence-electron chi connectivity index (χ1n) is 5.42. The fraction of sp³-hybridized carbons (Fsp3) is 0.167. The monoisotopic (exact) mass is 246 g/mol. The molecule has 94 valence electrons. The third-order valence-corrected chi connectivity index (χ3v) is 2.50. The first kappa shape index (κ1) is 12.1. The van der Waals surface area contributed by atoms with Gasteiger partial charge in [0.1, 0.15) is 0 Å². The van der Waals surface area contributed by atoms with E-state index in [0.717, 1.165) is 11.3 Å². The number of rotatable bonds is 3. The summed E-state index contributed by atoms with van der Waals surface area (Å²) in [6.45, 7) is 3.62. The Labute approximate surface area is 104 Å². The Kier molecular flexibility index (Phi) is 3.29. The average Bonchev–Trinajstić information content (AvgIpc) is 2.74. The van der Waals surface area contributed by atoms with Gasteiger partial charge < -0.3 is 9.95 Å². The van der Waals surface area contributed by atoms with E-state index >= 15 is 0 Å². The molecule has 0 bridgehead atoms. The van der Waals surface area contributed by atoms with Gasteiger partial charge in [0.05, 0.1) is 5.69 Å². The molecule has 1 aromatic heterocycles. The first-order valence-corrected chi connectivity index (χ1v) is 5.42. The molecule has 0 aliphatic heterocycles. The molecule has 6 nitrogen and oxygen atoms in total. The smallest absolute Gasteiger partial charge is 0.258 e. The molecule has 0 spiro atoms. The molecule has 2 aromatic rings. The maximum Gasteiger partial charge on any atom is 0.258 e. The number of hydrogen-bond acceptors (Lipinski definition) is 5. The highest BCUT2D eigenvalue weighted by molar-refractivity contribution is 6.04. The van der Waals surface area contributed by atoms with E-state index in [1.54, 1.807) is 31.2 Å². The minimum Gasteiger partial charge on any atom is -0.338 e. The summed E-state index contributed by atoms with van der Waals surface area (Å²) in [4.78, 5) is 12.0. The van der Waals surface area contributed by atoms with Crippen LogP contribution in [0.4, 0.5) is 11.6 Å². The zero-order valence-corrected chi connectivity index (χ0v) is 10.2. The van der Waals surface area contributed by atoms with Gasteiger partial charge in [-0.05, 0) is 37.6 Å². The quantitative estimate of drug-likeness (QED) is 0.567. The molecule has 0 atom stereocenters. The van der Waals surface area contributed by atoms with Crippen LogP contribution in [0.5, 0.6) is 0 Å². The van der Waals surface area contributed by atoms with Crippen LogP contribution in [-0.4, -0.2) is 11.1 Å². The van der Waals surface area contributed by atoms with Crippen molar-refractivity contribution in [2.24, 2.45) is 5.84 Å². The van der Waals surface area contributed by atoms with E-state index in [4.69, 9.17) is 10.4 Å². The molecular formula is C12H14N4O2. The van der Waals surface area contributed by atoms with Crippen LogP contribution in [0.15, 0.2) is 28.8 Å². The number of nitrogen functional groups attached to an aromatic ring is 1. The molecule has 18 heavy (non-hydrogen) atoms. The van der Waals surface area contributed by atoms with Gasteiger partial charge in [0.2, 0.25) is 5.88 Å². The van der Waals surface area contributed by atoms with Gasteiger partial charge in [0.25, 0.3) is 5.91 Å². The Balaban J connectivity index is 2.18. The molecule has 2 rings (SSSR count). The Morgan fingerprint density at radius 3 is 2.67 bits per heavy atom. The minimum atomic E-state index is -0.243. The number of hydrazine groups is 1. The number of benzene rings is 1. The van der Waals surface area contributed by atoms with Gasteiger partial charge in [-0.1, -0.05) is 5.16 Å². The number of nitrogens with zero attached hydrogens (tertiary/aromatic N) is 1. The highest BCUT2D eigenvalue weighted by Gasteiger charge is 2.11. The van der Waals surface area contributed by atoms with Gasteiger partial charge >= 0.3 is 0 Å². The Morgan fingerprint density at radius 1 is 1.33 bits per heavy atom. The summed E-state index contributed by atoms with van der Waals surface area (Å²) in [6.07, 6.45) is 0. The normalized spacial score (nSPS) is 10.2. The first-order chi connectivity index (χ1) is 8.60. The van der Waals surface area contributed by atoms with Gasteiger partial charge in [-0.15, -0.1) is 0 Å². The summed E-state index contributed by atoms with van der Waals surface area (Å²) in [6, 6.07) is 6.88. The summed E-state index contributed by atoms with van der Waals surface area (Å²) in [7, 11) is 0. The highest BCUT2D eigenvalue weighted by atomic mass is 16.5. The topological polar surface area (TPSA) is 93.2 Å². The largest absolute Gasteiger partial charge is 0.338 e. The maximum atomic E-state index is 12.0. The number of aryl methyl sites for hydroxylation is 2. The van der Waals surface area contributed by atoms with Crippen LogP contribution in [0.1, 0.15) is 21.6 Å². The van der Waals surface area contributed by atoms with Crippen molar-refractivity contribution in [1.29, 1.82) is 0 Å². The van der Waals surface area contributed by atoms with Gasteiger partial charge in [-0.25, -0.2) is 0 Å². The number of hydrogen-bond donors (Lipinski definition) is 3. The Hall–Kier alpha value is -2.34. The van der Waals surface area contributed by atoms with E-state index in [-0.39, 0.29) is 5.91 Å². The van der Waals surface area contributed by atoms with E-state index in [1.807, 2.05) is 6.92 Å². The van der Waals surface area contributed by atoms with Crippen LogP contribution in [0.2, 0.25) is 0 Å². The van der Waals surface area contributed by atoms with Crippen LogP contribution in [0, 0.1) is 13.8 Å². The predicted molar refractivity (Wildman–Crippen MR) is 68.2 cm³/mol. The summed E-state index contributed by atoms with van der Waals surface area (Å²) in [5, 5.41) is 6.33. The molecule has 0 saturated carbocycles. The van der Waals surface area contributed by atoms with E-state index in [0.29, 0.717) is 17.1 Å². The fourth-order valence-corrected chi connectivity index (χ4v) is 1.61. The molecular weight excluding hydrogens is 232 g/mol. The summed E-state index contributed by atoms with van der Waals surface area (Å²) in [5.41, 5.74) is 5.37. The molecule has 0 fully saturated rings. The van der Waals surface area contributed by atoms with Crippen LogP contribution < -0.4 is 16.6 Å². The lowest BCUT2D eigenvalue weighted by Gasteiger charge is -2.07. The molecule has 0 aliphatic rings. The van der Waals surface area contributed by atoms with Crippen molar-refractivity contribution in [1.82, 2.24) is 5.16 Å². The average molecular weight is 246 g/mol. The zero-order valence-electron chi connectivity index (χ0n) is 10.2. The van der Waals surface area contributed by atoms with E-state index < -0.39 is 0 Å². The van der Waals surface area contributed by atoms with Crippen LogP contribution in [-0.2, 0) is 0 Å². The van der Waals surface area contributed by atoms with Crippen LogP contribution >= 0.6 is 0 Å². The summed E-state index contributed by atoms with van der Waals surface area (Å²) in [5.74, 6) is 5.39. The lowest BCUT2D eigenvalue weighted by atomic mass is 10.1. The molecule has 4 N–H and O–H groups in total. The van der Waals surface area contributed by atoms with Gasteiger partial charge in [-0.2, -0.15) is 0 Å². The molecule has 0 saturated heterocycles.